The quantitative estimate of drug-likeness (QED) is 0.603. The van der Waals surface area contributed by atoms with Crippen molar-refractivity contribution in [3.63, 3.8) is 0 Å². The Bertz CT molecular complexity index is 337. The van der Waals surface area contributed by atoms with Crippen LogP contribution in [-0.4, -0.2) is 19.3 Å². The Hall–Kier alpha value is -0.890. The van der Waals surface area contributed by atoms with E-state index >= 15 is 0 Å². The maximum Gasteiger partial charge on any atom is 0.0391 e. The van der Waals surface area contributed by atoms with Crippen LogP contribution in [0.25, 0.3) is 0 Å². The first-order chi connectivity index (χ1) is 7.02. The van der Waals surface area contributed by atoms with Crippen LogP contribution < -0.4 is 4.90 Å². The van der Waals surface area contributed by atoms with Crippen molar-refractivity contribution in [1.29, 1.82) is 0 Å². The second-order valence-corrected chi connectivity index (χ2v) is 4.43. The normalized spacial score (nSPS) is 10.1. The van der Waals surface area contributed by atoms with E-state index in [2.05, 4.69) is 63.2 Å². The van der Waals surface area contributed by atoms with Gasteiger partial charge < -0.3 is 4.90 Å². The maximum atomic E-state index is 4.22. The number of hydrogen-bond donors (Lipinski definition) is 1. The molecule has 0 aliphatic heterocycles. The van der Waals surface area contributed by atoms with E-state index < -0.39 is 0 Å². The number of hydrogen-bond acceptors (Lipinski definition) is 2. The number of thiol groups is 1. The van der Waals surface area contributed by atoms with Crippen LogP contribution in [0.1, 0.15) is 11.1 Å². The number of likely N-dealkylation sites (N-methyl/N-ethyl adjacent to an activating group) is 1. The summed E-state index contributed by atoms with van der Waals surface area (Å²) in [4.78, 5) is 2.21. The number of nitrogens with zero attached hydrogens (tertiary/aromatic N) is 1. The molecule has 15 heavy (non-hydrogen) atoms. The summed E-state index contributed by atoms with van der Waals surface area (Å²) in [5.41, 5.74) is 4.98. The molecule has 2 heteroatoms. The van der Waals surface area contributed by atoms with Gasteiger partial charge in [-0.25, -0.2) is 0 Å². The second kappa shape index (κ2) is 5.26. The van der Waals surface area contributed by atoms with Crippen LogP contribution in [0.5, 0.6) is 0 Å². The summed E-state index contributed by atoms with van der Waals surface area (Å²) in [5.74, 6) is 0.745. The van der Waals surface area contributed by atoms with Gasteiger partial charge in [-0.3, -0.25) is 0 Å². The predicted octanol–water partition coefficient (Wildman–Crippen LogP) is 3.23. The molecule has 1 aromatic carbocycles. The third kappa shape index (κ3) is 3.63. The largest absolute Gasteiger partial charge is 0.371 e. The molecule has 1 aromatic rings. The molecule has 0 heterocycles. The molecule has 0 unspecified atom stereocenters. The second-order valence-electron chi connectivity index (χ2n) is 4.11. The summed E-state index contributed by atoms with van der Waals surface area (Å²) in [7, 11) is 2.09. The first-order valence-corrected chi connectivity index (χ1v) is 5.73. The highest BCUT2D eigenvalue weighted by atomic mass is 32.1. The number of benzene rings is 1. The van der Waals surface area contributed by atoms with E-state index in [1.165, 1.54) is 16.8 Å². The Morgan fingerprint density at radius 3 is 2.27 bits per heavy atom. The number of rotatable bonds is 4. The fourth-order valence-electron chi connectivity index (χ4n) is 1.65. The van der Waals surface area contributed by atoms with E-state index in [4.69, 9.17) is 0 Å². The Morgan fingerprint density at radius 1 is 1.27 bits per heavy atom. The van der Waals surface area contributed by atoms with Crippen molar-refractivity contribution in [1.82, 2.24) is 0 Å². The summed E-state index contributed by atoms with van der Waals surface area (Å²) >= 11 is 4.22. The van der Waals surface area contributed by atoms with E-state index in [-0.39, 0.29) is 0 Å². The molecule has 0 aliphatic carbocycles. The minimum atomic E-state index is 0.745. The average molecular weight is 221 g/mol. The fraction of sp³-hybridized carbons (Fsp3) is 0.385. The van der Waals surface area contributed by atoms with Gasteiger partial charge in [0.25, 0.3) is 0 Å². The Morgan fingerprint density at radius 2 is 1.80 bits per heavy atom. The Kier molecular flexibility index (Phi) is 4.28. The van der Waals surface area contributed by atoms with Crippen molar-refractivity contribution in [2.24, 2.45) is 0 Å². The Balaban J connectivity index is 2.81. The van der Waals surface area contributed by atoms with E-state index in [1.54, 1.807) is 0 Å². The third-order valence-electron chi connectivity index (χ3n) is 2.33. The monoisotopic (exact) mass is 221 g/mol. The van der Waals surface area contributed by atoms with E-state index in [1.807, 2.05) is 0 Å². The molecule has 82 valence electrons. The van der Waals surface area contributed by atoms with Crippen molar-refractivity contribution in [3.05, 3.63) is 41.5 Å². The van der Waals surface area contributed by atoms with Gasteiger partial charge >= 0.3 is 0 Å². The summed E-state index contributed by atoms with van der Waals surface area (Å²) in [6.45, 7) is 9.08. The zero-order valence-electron chi connectivity index (χ0n) is 9.75. The first-order valence-electron chi connectivity index (χ1n) is 5.10. The molecule has 0 fully saturated rings. The first kappa shape index (κ1) is 12.2. The molecular formula is C13H19NS. The summed E-state index contributed by atoms with van der Waals surface area (Å²) < 4.78 is 0. The molecule has 0 saturated heterocycles. The molecule has 0 N–H and O–H groups in total. The third-order valence-corrected chi connectivity index (χ3v) is 2.78. The van der Waals surface area contributed by atoms with E-state index in [0.717, 1.165) is 17.9 Å². The minimum Gasteiger partial charge on any atom is -0.371 e. The predicted molar refractivity (Wildman–Crippen MR) is 72.2 cm³/mol. The van der Waals surface area contributed by atoms with Gasteiger partial charge in [0.1, 0.15) is 0 Å². The molecule has 1 rings (SSSR count). The lowest BCUT2D eigenvalue weighted by atomic mass is 10.1. The summed E-state index contributed by atoms with van der Waals surface area (Å²) in [6, 6.07) is 6.57. The van der Waals surface area contributed by atoms with Gasteiger partial charge in [0.15, 0.2) is 0 Å². The standard InChI is InChI=1S/C13H19NS/c1-10-5-11(2)7-13(6-10)14(4)8-12(3)9-15/h5-7,15H,3,8-9H2,1-2,4H3. The highest BCUT2D eigenvalue weighted by Gasteiger charge is 2.03. The van der Waals surface area contributed by atoms with Gasteiger partial charge in [-0.05, 0) is 42.7 Å². The molecule has 0 aromatic heterocycles. The zero-order valence-corrected chi connectivity index (χ0v) is 10.6. The van der Waals surface area contributed by atoms with Crippen molar-refractivity contribution in [3.8, 4) is 0 Å². The van der Waals surface area contributed by atoms with E-state index in [0.29, 0.717) is 0 Å². The van der Waals surface area contributed by atoms with Crippen molar-refractivity contribution in [2.45, 2.75) is 13.8 Å². The van der Waals surface area contributed by atoms with Gasteiger partial charge in [0, 0.05) is 25.0 Å². The van der Waals surface area contributed by atoms with Crippen LogP contribution in [0.4, 0.5) is 5.69 Å². The van der Waals surface area contributed by atoms with Crippen LogP contribution in [0, 0.1) is 13.8 Å². The smallest absolute Gasteiger partial charge is 0.0391 e. The zero-order chi connectivity index (χ0) is 11.4. The van der Waals surface area contributed by atoms with E-state index in [9.17, 15) is 0 Å². The van der Waals surface area contributed by atoms with Gasteiger partial charge in [-0.1, -0.05) is 12.6 Å². The van der Waals surface area contributed by atoms with Crippen molar-refractivity contribution < 1.29 is 0 Å². The van der Waals surface area contributed by atoms with Crippen LogP contribution in [0.3, 0.4) is 0 Å². The van der Waals surface area contributed by atoms with Gasteiger partial charge in [0.05, 0.1) is 0 Å². The molecule has 0 spiro atoms. The van der Waals surface area contributed by atoms with Gasteiger partial charge in [-0.2, -0.15) is 12.6 Å². The average Bonchev–Trinajstić information content (AvgIpc) is 2.16. The lowest BCUT2D eigenvalue weighted by Crippen LogP contribution is -2.20. The highest BCUT2D eigenvalue weighted by Crippen LogP contribution is 2.18. The molecule has 0 aliphatic rings. The maximum absolute atomic E-state index is 4.22. The van der Waals surface area contributed by atoms with Crippen LogP contribution in [-0.2, 0) is 0 Å². The van der Waals surface area contributed by atoms with Gasteiger partial charge in [-0.15, -0.1) is 0 Å². The molecular weight excluding hydrogens is 202 g/mol. The van der Waals surface area contributed by atoms with Crippen LogP contribution in [0.2, 0.25) is 0 Å². The van der Waals surface area contributed by atoms with Crippen LogP contribution in [0.15, 0.2) is 30.4 Å². The lowest BCUT2D eigenvalue weighted by Gasteiger charge is -2.21. The number of anilines is 1. The summed E-state index contributed by atoms with van der Waals surface area (Å²) in [6.07, 6.45) is 0. The highest BCUT2D eigenvalue weighted by molar-refractivity contribution is 7.80. The fourth-order valence-corrected chi connectivity index (χ4v) is 1.75. The summed E-state index contributed by atoms with van der Waals surface area (Å²) in [5, 5.41) is 0. The Labute approximate surface area is 98.2 Å². The number of aryl methyl sites for hydroxylation is 2. The minimum absolute atomic E-state index is 0.745. The van der Waals surface area contributed by atoms with Crippen LogP contribution >= 0.6 is 12.6 Å². The topological polar surface area (TPSA) is 3.24 Å². The molecule has 0 radical (unpaired) electrons. The molecule has 0 amide bonds. The molecule has 0 atom stereocenters. The molecule has 1 nitrogen and oxygen atoms in total. The molecule has 0 bridgehead atoms. The molecule has 0 saturated carbocycles. The van der Waals surface area contributed by atoms with Gasteiger partial charge in [0.2, 0.25) is 0 Å². The lowest BCUT2D eigenvalue weighted by molar-refractivity contribution is 0.986. The van der Waals surface area contributed by atoms with Crippen molar-refractivity contribution >= 4 is 18.3 Å². The van der Waals surface area contributed by atoms with Crippen molar-refractivity contribution in [2.75, 3.05) is 24.2 Å². The SMILES string of the molecule is C=C(CS)CN(C)c1cc(C)cc(C)c1.